The largest absolute Gasteiger partial charge is 0.298 e. The fraction of sp³-hybridized carbons (Fsp3) is 0.500. The first kappa shape index (κ1) is 10.1. The lowest BCUT2D eigenvalue weighted by atomic mass is 10.2. The molecule has 2 fully saturated rings. The Morgan fingerprint density at radius 2 is 1.62 bits per heavy atom. The van der Waals surface area contributed by atoms with Gasteiger partial charge in [-0.2, -0.15) is 0 Å². The van der Waals surface area contributed by atoms with E-state index in [-0.39, 0.29) is 5.56 Å². The van der Waals surface area contributed by atoms with Crippen molar-refractivity contribution in [3.63, 3.8) is 0 Å². The molecule has 1 aliphatic heterocycles. The molecular formula is C12H12F3N. The zero-order chi connectivity index (χ0) is 11.3. The number of hydrogen-bond donors (Lipinski definition) is 0. The molecule has 1 saturated heterocycles. The van der Waals surface area contributed by atoms with Crippen molar-refractivity contribution in [1.29, 1.82) is 0 Å². The number of piperidine rings is 1. The topological polar surface area (TPSA) is 3.24 Å². The van der Waals surface area contributed by atoms with Gasteiger partial charge in [0.05, 0.1) is 0 Å². The van der Waals surface area contributed by atoms with Gasteiger partial charge in [-0.05, 0) is 24.3 Å². The van der Waals surface area contributed by atoms with Crippen LogP contribution in [0.5, 0.6) is 0 Å². The minimum atomic E-state index is -1.12. The summed E-state index contributed by atoms with van der Waals surface area (Å²) >= 11 is 0. The molecule has 0 radical (unpaired) electrons. The van der Waals surface area contributed by atoms with Crippen LogP contribution in [-0.2, 0) is 6.54 Å². The second-order valence-corrected chi connectivity index (χ2v) is 4.81. The van der Waals surface area contributed by atoms with E-state index in [2.05, 4.69) is 4.90 Å². The predicted molar refractivity (Wildman–Crippen MR) is 53.2 cm³/mol. The van der Waals surface area contributed by atoms with E-state index in [1.807, 2.05) is 0 Å². The highest BCUT2D eigenvalue weighted by molar-refractivity contribution is 5.20. The number of benzene rings is 1. The SMILES string of the molecule is Fc1cc(F)c(CN2C[C@H]3C[C@H]3C2)cc1F. The second-order valence-electron chi connectivity index (χ2n) is 4.81. The van der Waals surface area contributed by atoms with Gasteiger partial charge in [0.1, 0.15) is 5.82 Å². The molecule has 2 aliphatic rings. The van der Waals surface area contributed by atoms with Gasteiger partial charge in [0.2, 0.25) is 0 Å². The molecule has 1 nitrogen and oxygen atoms in total. The van der Waals surface area contributed by atoms with Gasteiger partial charge in [-0.15, -0.1) is 0 Å². The van der Waals surface area contributed by atoms with Crippen LogP contribution >= 0.6 is 0 Å². The van der Waals surface area contributed by atoms with E-state index in [1.165, 1.54) is 6.42 Å². The number of likely N-dealkylation sites (tertiary alicyclic amines) is 1. The maximum atomic E-state index is 13.4. The maximum Gasteiger partial charge on any atom is 0.161 e. The number of fused-ring (bicyclic) bond motifs is 1. The van der Waals surface area contributed by atoms with Crippen LogP contribution in [0.15, 0.2) is 12.1 Å². The molecule has 1 aliphatic carbocycles. The Bertz CT molecular complexity index is 423. The first-order valence-corrected chi connectivity index (χ1v) is 5.49. The van der Waals surface area contributed by atoms with E-state index in [0.29, 0.717) is 12.6 Å². The smallest absolute Gasteiger partial charge is 0.161 e. The van der Waals surface area contributed by atoms with Gasteiger partial charge in [-0.25, -0.2) is 13.2 Å². The fourth-order valence-electron chi connectivity index (χ4n) is 2.55. The highest BCUT2D eigenvalue weighted by Gasteiger charge is 2.44. The summed E-state index contributed by atoms with van der Waals surface area (Å²) in [5, 5.41) is 0. The van der Waals surface area contributed by atoms with Crippen LogP contribution in [0.4, 0.5) is 13.2 Å². The second kappa shape index (κ2) is 3.48. The van der Waals surface area contributed by atoms with Crippen molar-refractivity contribution in [2.75, 3.05) is 13.1 Å². The maximum absolute atomic E-state index is 13.4. The van der Waals surface area contributed by atoms with Crippen molar-refractivity contribution in [2.24, 2.45) is 11.8 Å². The minimum absolute atomic E-state index is 0.250. The summed E-state index contributed by atoms with van der Waals surface area (Å²) in [6.45, 7) is 2.31. The third-order valence-electron chi connectivity index (χ3n) is 3.54. The number of hydrogen-bond acceptors (Lipinski definition) is 1. The van der Waals surface area contributed by atoms with Gasteiger partial charge in [0.25, 0.3) is 0 Å². The van der Waals surface area contributed by atoms with Crippen molar-refractivity contribution < 1.29 is 13.2 Å². The average molecular weight is 227 g/mol. The summed E-state index contributed by atoms with van der Waals surface area (Å²) in [6, 6.07) is 1.59. The molecule has 1 aromatic carbocycles. The zero-order valence-electron chi connectivity index (χ0n) is 8.72. The molecule has 0 bridgehead atoms. The molecule has 4 heteroatoms. The first-order valence-electron chi connectivity index (χ1n) is 5.49. The molecule has 2 atom stereocenters. The summed E-state index contributed by atoms with van der Waals surface area (Å²) in [5.41, 5.74) is 0.250. The lowest BCUT2D eigenvalue weighted by Crippen LogP contribution is -2.22. The summed E-state index contributed by atoms with van der Waals surface area (Å²) in [5.74, 6) is -1.23. The summed E-state index contributed by atoms with van der Waals surface area (Å²) in [7, 11) is 0. The third kappa shape index (κ3) is 1.71. The summed E-state index contributed by atoms with van der Waals surface area (Å²) in [4.78, 5) is 2.11. The molecule has 0 spiro atoms. The van der Waals surface area contributed by atoms with E-state index in [4.69, 9.17) is 0 Å². The Hall–Kier alpha value is -1.03. The zero-order valence-corrected chi connectivity index (χ0v) is 8.72. The van der Waals surface area contributed by atoms with Crippen LogP contribution < -0.4 is 0 Å². The monoisotopic (exact) mass is 227 g/mol. The van der Waals surface area contributed by atoms with Crippen molar-refractivity contribution in [1.82, 2.24) is 4.90 Å². The Morgan fingerprint density at radius 1 is 1.00 bits per heavy atom. The molecule has 1 aromatic rings. The standard InChI is InChI=1S/C12H12F3N/c13-10-3-12(15)11(14)2-9(10)6-16-4-7-1-8(7)5-16/h2-3,7-8H,1,4-6H2/t7-,8+. The number of halogens is 3. The molecule has 0 N–H and O–H groups in total. The lowest BCUT2D eigenvalue weighted by Gasteiger charge is -2.17. The van der Waals surface area contributed by atoms with Crippen LogP contribution in [0.2, 0.25) is 0 Å². The molecule has 0 unspecified atom stereocenters. The molecule has 0 aromatic heterocycles. The molecule has 0 amide bonds. The quantitative estimate of drug-likeness (QED) is 0.702. The molecular weight excluding hydrogens is 215 g/mol. The minimum Gasteiger partial charge on any atom is -0.298 e. The van der Waals surface area contributed by atoms with Crippen molar-refractivity contribution in [3.05, 3.63) is 35.1 Å². The highest BCUT2D eigenvalue weighted by Crippen LogP contribution is 2.45. The van der Waals surface area contributed by atoms with Gasteiger partial charge < -0.3 is 0 Å². The highest BCUT2D eigenvalue weighted by atomic mass is 19.2. The lowest BCUT2D eigenvalue weighted by molar-refractivity contribution is 0.291. The van der Waals surface area contributed by atoms with Crippen LogP contribution in [0.1, 0.15) is 12.0 Å². The van der Waals surface area contributed by atoms with E-state index in [1.54, 1.807) is 0 Å². The number of nitrogens with zero attached hydrogens (tertiary/aromatic N) is 1. The fourth-order valence-corrected chi connectivity index (χ4v) is 2.55. The Labute approximate surface area is 91.9 Å². The Balaban J connectivity index is 1.76. The van der Waals surface area contributed by atoms with E-state index >= 15 is 0 Å². The summed E-state index contributed by atoms with van der Waals surface area (Å²) < 4.78 is 39.0. The van der Waals surface area contributed by atoms with Gasteiger partial charge in [-0.1, -0.05) is 0 Å². The Kier molecular flexibility index (Phi) is 2.21. The molecule has 86 valence electrons. The van der Waals surface area contributed by atoms with Gasteiger partial charge >= 0.3 is 0 Å². The molecule has 1 saturated carbocycles. The molecule has 1 heterocycles. The van der Waals surface area contributed by atoms with E-state index in [9.17, 15) is 13.2 Å². The normalized spacial score (nSPS) is 28.2. The average Bonchev–Trinajstić information content (AvgIpc) is 2.83. The van der Waals surface area contributed by atoms with E-state index < -0.39 is 17.5 Å². The molecule has 16 heavy (non-hydrogen) atoms. The number of rotatable bonds is 2. The molecule has 3 rings (SSSR count). The van der Waals surface area contributed by atoms with Crippen molar-refractivity contribution >= 4 is 0 Å². The van der Waals surface area contributed by atoms with Gasteiger partial charge in [0, 0.05) is 31.3 Å². The van der Waals surface area contributed by atoms with Crippen molar-refractivity contribution in [2.45, 2.75) is 13.0 Å². The summed E-state index contributed by atoms with van der Waals surface area (Å²) in [6.07, 6.45) is 1.27. The van der Waals surface area contributed by atoms with Crippen molar-refractivity contribution in [3.8, 4) is 0 Å². The van der Waals surface area contributed by atoms with E-state index in [0.717, 1.165) is 31.0 Å². The first-order chi connectivity index (χ1) is 7.63. The van der Waals surface area contributed by atoms with Crippen LogP contribution in [0.25, 0.3) is 0 Å². The van der Waals surface area contributed by atoms with Crippen LogP contribution in [0, 0.1) is 29.3 Å². The van der Waals surface area contributed by atoms with Gasteiger partial charge in [-0.3, -0.25) is 4.90 Å². The Morgan fingerprint density at radius 3 is 2.31 bits per heavy atom. The third-order valence-corrected chi connectivity index (χ3v) is 3.54. The van der Waals surface area contributed by atoms with Crippen LogP contribution in [-0.4, -0.2) is 18.0 Å². The predicted octanol–water partition coefficient (Wildman–Crippen LogP) is 2.56. The van der Waals surface area contributed by atoms with Gasteiger partial charge in [0.15, 0.2) is 11.6 Å². The van der Waals surface area contributed by atoms with Crippen LogP contribution in [0.3, 0.4) is 0 Å².